The van der Waals surface area contributed by atoms with Gasteiger partial charge in [-0.1, -0.05) is 22.0 Å². The highest BCUT2D eigenvalue weighted by Gasteiger charge is 2.03. The number of aryl methyl sites for hydroxylation is 2. The molecule has 0 bridgehead atoms. The van der Waals surface area contributed by atoms with Crippen LogP contribution in [0, 0.1) is 13.8 Å². The van der Waals surface area contributed by atoms with Crippen molar-refractivity contribution < 1.29 is 9.53 Å². The molecule has 0 heterocycles. The number of anilines is 1. The van der Waals surface area contributed by atoms with E-state index in [1.807, 2.05) is 44.2 Å². The van der Waals surface area contributed by atoms with Crippen molar-refractivity contribution in [3.63, 3.8) is 0 Å². The molecule has 2 aromatic rings. The average Bonchev–Trinajstić information content (AvgIpc) is 2.44. The molecule has 114 valence electrons. The Labute approximate surface area is 139 Å². The normalized spacial score (nSPS) is 10.7. The van der Waals surface area contributed by atoms with Gasteiger partial charge in [-0.25, -0.2) is 0 Å². The van der Waals surface area contributed by atoms with Crippen LogP contribution in [0.3, 0.4) is 0 Å². The number of nitrogens with one attached hydrogen (secondary N) is 1. The minimum atomic E-state index is -0.174. The van der Waals surface area contributed by atoms with E-state index in [0.29, 0.717) is 0 Å². The van der Waals surface area contributed by atoms with Crippen LogP contribution in [-0.4, -0.2) is 13.0 Å². The first-order valence-electron chi connectivity index (χ1n) is 6.89. The molecule has 0 saturated heterocycles. The second kappa shape index (κ2) is 7.27. The Hall–Kier alpha value is -2.07. The summed E-state index contributed by atoms with van der Waals surface area (Å²) in [6.45, 7) is 4.01. The molecule has 4 heteroatoms. The first-order chi connectivity index (χ1) is 10.5. The van der Waals surface area contributed by atoms with E-state index in [0.717, 1.165) is 32.6 Å². The van der Waals surface area contributed by atoms with Gasteiger partial charge in [0, 0.05) is 21.8 Å². The lowest BCUT2D eigenvalue weighted by atomic mass is 10.1. The van der Waals surface area contributed by atoms with Gasteiger partial charge in [0.2, 0.25) is 5.91 Å². The van der Waals surface area contributed by atoms with Gasteiger partial charge in [0.15, 0.2) is 0 Å². The number of amides is 1. The largest absolute Gasteiger partial charge is 0.496 e. The molecule has 1 N–H and O–H groups in total. The molecule has 22 heavy (non-hydrogen) atoms. The predicted octanol–water partition coefficient (Wildman–Crippen LogP) is 4.73. The number of hydrogen-bond acceptors (Lipinski definition) is 2. The van der Waals surface area contributed by atoms with Crippen LogP contribution in [-0.2, 0) is 4.79 Å². The van der Waals surface area contributed by atoms with Crippen LogP contribution >= 0.6 is 15.9 Å². The third kappa shape index (κ3) is 4.46. The van der Waals surface area contributed by atoms with Crippen LogP contribution in [0.15, 0.2) is 46.9 Å². The maximum Gasteiger partial charge on any atom is 0.248 e. The summed E-state index contributed by atoms with van der Waals surface area (Å²) in [6, 6.07) is 11.6. The second-order valence-corrected chi connectivity index (χ2v) is 6.00. The first-order valence-corrected chi connectivity index (χ1v) is 7.68. The molecule has 0 aliphatic heterocycles. The summed E-state index contributed by atoms with van der Waals surface area (Å²) in [5.74, 6) is 0.547. The van der Waals surface area contributed by atoms with Gasteiger partial charge < -0.3 is 10.1 Å². The fourth-order valence-electron chi connectivity index (χ4n) is 2.23. The smallest absolute Gasteiger partial charge is 0.248 e. The van der Waals surface area contributed by atoms with Gasteiger partial charge in [-0.05, 0) is 61.4 Å². The van der Waals surface area contributed by atoms with Gasteiger partial charge in [-0.2, -0.15) is 0 Å². The van der Waals surface area contributed by atoms with Crippen LogP contribution in [0.2, 0.25) is 0 Å². The van der Waals surface area contributed by atoms with E-state index >= 15 is 0 Å². The van der Waals surface area contributed by atoms with Crippen LogP contribution in [0.5, 0.6) is 5.75 Å². The SMILES string of the molecule is COc1ccc(Br)cc1/C=C/C(=O)Nc1cc(C)cc(C)c1. The number of carbonyl (C=O) groups excluding carboxylic acids is 1. The predicted molar refractivity (Wildman–Crippen MR) is 94.3 cm³/mol. The van der Waals surface area contributed by atoms with Crippen molar-refractivity contribution >= 4 is 33.6 Å². The summed E-state index contributed by atoms with van der Waals surface area (Å²) in [4.78, 5) is 12.0. The van der Waals surface area contributed by atoms with E-state index in [1.165, 1.54) is 6.08 Å². The Morgan fingerprint density at radius 3 is 2.45 bits per heavy atom. The highest BCUT2D eigenvalue weighted by molar-refractivity contribution is 9.10. The molecule has 0 aliphatic rings. The molecule has 0 aromatic heterocycles. The van der Waals surface area contributed by atoms with Crippen LogP contribution in [0.1, 0.15) is 16.7 Å². The lowest BCUT2D eigenvalue weighted by Crippen LogP contribution is -2.08. The summed E-state index contributed by atoms with van der Waals surface area (Å²) in [5.41, 5.74) is 3.88. The van der Waals surface area contributed by atoms with Gasteiger partial charge in [0.05, 0.1) is 7.11 Å². The number of benzene rings is 2. The van der Waals surface area contributed by atoms with Crippen molar-refractivity contribution in [1.82, 2.24) is 0 Å². The monoisotopic (exact) mass is 359 g/mol. The molecule has 0 saturated carbocycles. The zero-order valence-electron chi connectivity index (χ0n) is 12.8. The van der Waals surface area contributed by atoms with E-state index in [9.17, 15) is 4.79 Å². The molecular formula is C18H18BrNO2. The maximum absolute atomic E-state index is 12.0. The van der Waals surface area contributed by atoms with E-state index in [-0.39, 0.29) is 5.91 Å². The van der Waals surface area contributed by atoms with Gasteiger partial charge in [-0.3, -0.25) is 4.79 Å². The van der Waals surface area contributed by atoms with E-state index in [2.05, 4.69) is 27.3 Å². The average molecular weight is 360 g/mol. The minimum Gasteiger partial charge on any atom is -0.496 e. The number of halogens is 1. The second-order valence-electron chi connectivity index (χ2n) is 5.09. The van der Waals surface area contributed by atoms with Crippen LogP contribution in [0.4, 0.5) is 5.69 Å². The fraction of sp³-hybridized carbons (Fsp3) is 0.167. The van der Waals surface area contributed by atoms with E-state index < -0.39 is 0 Å². The lowest BCUT2D eigenvalue weighted by molar-refractivity contribution is -0.111. The topological polar surface area (TPSA) is 38.3 Å². The molecule has 0 radical (unpaired) electrons. The Morgan fingerprint density at radius 2 is 1.82 bits per heavy atom. The molecule has 0 spiro atoms. The molecule has 0 atom stereocenters. The Kier molecular flexibility index (Phi) is 5.39. The summed E-state index contributed by atoms with van der Waals surface area (Å²) in [6.07, 6.45) is 3.24. The van der Waals surface area contributed by atoms with Crippen molar-refractivity contribution in [1.29, 1.82) is 0 Å². The number of rotatable bonds is 4. The summed E-state index contributed by atoms with van der Waals surface area (Å²) in [7, 11) is 1.61. The quantitative estimate of drug-likeness (QED) is 0.801. The molecule has 0 fully saturated rings. The molecule has 2 aromatic carbocycles. The van der Waals surface area contributed by atoms with Crippen molar-refractivity contribution in [2.24, 2.45) is 0 Å². The van der Waals surface area contributed by atoms with Crippen molar-refractivity contribution in [3.8, 4) is 5.75 Å². The number of hydrogen-bond donors (Lipinski definition) is 1. The Balaban J connectivity index is 2.13. The van der Waals surface area contributed by atoms with E-state index in [4.69, 9.17) is 4.74 Å². The first kappa shape index (κ1) is 16.3. The number of ether oxygens (including phenoxy) is 1. The minimum absolute atomic E-state index is 0.174. The standard InChI is InChI=1S/C18H18BrNO2/c1-12-8-13(2)10-16(9-12)20-18(21)7-4-14-11-15(19)5-6-17(14)22-3/h4-11H,1-3H3,(H,20,21)/b7-4+. The lowest BCUT2D eigenvalue weighted by Gasteiger charge is -2.06. The summed E-state index contributed by atoms with van der Waals surface area (Å²) in [5, 5.41) is 2.87. The highest BCUT2D eigenvalue weighted by Crippen LogP contribution is 2.24. The van der Waals surface area contributed by atoms with Crippen LogP contribution in [0.25, 0.3) is 6.08 Å². The van der Waals surface area contributed by atoms with Crippen molar-refractivity contribution in [2.45, 2.75) is 13.8 Å². The van der Waals surface area contributed by atoms with Gasteiger partial charge in [0.25, 0.3) is 0 Å². The molecule has 0 unspecified atom stereocenters. The summed E-state index contributed by atoms with van der Waals surface area (Å²) < 4.78 is 6.21. The van der Waals surface area contributed by atoms with Crippen molar-refractivity contribution in [2.75, 3.05) is 12.4 Å². The third-order valence-corrected chi connectivity index (χ3v) is 3.59. The number of methoxy groups -OCH3 is 1. The molecule has 1 amide bonds. The molecule has 0 aliphatic carbocycles. The maximum atomic E-state index is 12.0. The Morgan fingerprint density at radius 1 is 1.14 bits per heavy atom. The zero-order chi connectivity index (χ0) is 16.1. The molecule has 2 rings (SSSR count). The zero-order valence-corrected chi connectivity index (χ0v) is 14.4. The van der Waals surface area contributed by atoms with Gasteiger partial charge >= 0.3 is 0 Å². The van der Waals surface area contributed by atoms with Crippen LogP contribution < -0.4 is 10.1 Å². The highest BCUT2D eigenvalue weighted by atomic mass is 79.9. The van der Waals surface area contributed by atoms with Crippen molar-refractivity contribution in [3.05, 3.63) is 63.6 Å². The van der Waals surface area contributed by atoms with E-state index in [1.54, 1.807) is 13.2 Å². The molecular weight excluding hydrogens is 342 g/mol. The summed E-state index contributed by atoms with van der Waals surface area (Å²) >= 11 is 3.41. The Bertz CT molecular complexity index is 703. The fourth-order valence-corrected chi connectivity index (χ4v) is 2.61. The number of carbonyl (C=O) groups is 1. The van der Waals surface area contributed by atoms with Gasteiger partial charge in [-0.15, -0.1) is 0 Å². The van der Waals surface area contributed by atoms with Gasteiger partial charge in [0.1, 0.15) is 5.75 Å². The molecule has 3 nitrogen and oxygen atoms in total. The third-order valence-electron chi connectivity index (χ3n) is 3.10.